The Balaban J connectivity index is 2.56. The van der Waals surface area contributed by atoms with Crippen LogP contribution in [-0.4, -0.2) is 11.3 Å². The molecule has 2 nitrogen and oxygen atoms in total. The largest absolute Gasteiger partial charge is 0.298 e. The fourth-order valence-corrected chi connectivity index (χ4v) is 2.21. The Labute approximate surface area is 101 Å². The predicted octanol–water partition coefficient (Wildman–Crippen LogP) is 3.49. The molecule has 0 aliphatic carbocycles. The van der Waals surface area contributed by atoms with Gasteiger partial charge in [0.1, 0.15) is 0 Å². The van der Waals surface area contributed by atoms with Gasteiger partial charge in [-0.05, 0) is 44.0 Å². The van der Waals surface area contributed by atoms with E-state index in [2.05, 4.69) is 37.9 Å². The fourth-order valence-electron chi connectivity index (χ4n) is 2.21. The molecule has 0 fully saturated rings. The third-order valence-electron chi connectivity index (χ3n) is 2.86. The molecule has 0 aliphatic rings. The highest BCUT2D eigenvalue weighted by Gasteiger charge is 2.07. The van der Waals surface area contributed by atoms with Crippen molar-refractivity contribution in [1.29, 1.82) is 0 Å². The van der Waals surface area contributed by atoms with E-state index in [0.29, 0.717) is 5.56 Å². The van der Waals surface area contributed by atoms with E-state index < -0.39 is 0 Å². The molecule has 1 heterocycles. The number of carbonyl (C=O) groups excluding carboxylic acids is 1. The summed E-state index contributed by atoms with van der Waals surface area (Å²) in [4.78, 5) is 14.9. The summed E-state index contributed by atoms with van der Waals surface area (Å²) in [5, 5.41) is 0. The number of aromatic nitrogens is 1. The lowest BCUT2D eigenvalue weighted by Gasteiger charge is -2.10. The summed E-state index contributed by atoms with van der Waals surface area (Å²) >= 11 is 0. The predicted molar refractivity (Wildman–Crippen MR) is 69.3 cm³/mol. The molecule has 0 amide bonds. The van der Waals surface area contributed by atoms with E-state index in [4.69, 9.17) is 0 Å². The first-order chi connectivity index (χ1) is 8.11. The van der Waals surface area contributed by atoms with E-state index >= 15 is 0 Å². The van der Waals surface area contributed by atoms with Crippen molar-refractivity contribution in [2.75, 3.05) is 0 Å². The molecule has 0 saturated heterocycles. The normalized spacial score (nSPS) is 10.3. The topological polar surface area (TPSA) is 30.0 Å². The number of nitrogens with zero attached hydrogens (tertiary/aromatic N) is 1. The van der Waals surface area contributed by atoms with Crippen molar-refractivity contribution >= 4 is 6.29 Å². The summed E-state index contributed by atoms with van der Waals surface area (Å²) in [7, 11) is 0. The molecule has 17 heavy (non-hydrogen) atoms. The highest BCUT2D eigenvalue weighted by molar-refractivity contribution is 5.76. The van der Waals surface area contributed by atoms with Crippen LogP contribution in [0.3, 0.4) is 0 Å². The molecule has 0 atom stereocenters. The van der Waals surface area contributed by atoms with E-state index in [1.807, 2.05) is 6.07 Å². The van der Waals surface area contributed by atoms with Crippen LogP contribution in [0.5, 0.6) is 0 Å². The Bertz CT molecular complexity index is 533. The molecule has 0 unspecified atom stereocenters. The van der Waals surface area contributed by atoms with Gasteiger partial charge < -0.3 is 0 Å². The van der Waals surface area contributed by atoms with Crippen molar-refractivity contribution in [2.24, 2.45) is 0 Å². The summed E-state index contributed by atoms with van der Waals surface area (Å²) in [6, 6.07) is 8.00. The first kappa shape index (κ1) is 11.5. The van der Waals surface area contributed by atoms with Gasteiger partial charge in [-0.25, -0.2) is 0 Å². The number of rotatable bonds is 2. The lowest BCUT2D eigenvalue weighted by atomic mass is 9.97. The summed E-state index contributed by atoms with van der Waals surface area (Å²) < 4.78 is 0. The maximum atomic E-state index is 10.6. The lowest BCUT2D eigenvalue weighted by molar-refractivity contribution is 0.112. The standard InChI is InChI=1S/C15H15NO/c1-10-6-11(2)15(12(3)7-10)14-5-4-13(9-17)8-16-14/h4-9H,1-3H3. The highest BCUT2D eigenvalue weighted by atomic mass is 16.1. The van der Waals surface area contributed by atoms with E-state index in [1.165, 1.54) is 16.7 Å². The van der Waals surface area contributed by atoms with Crippen LogP contribution in [-0.2, 0) is 0 Å². The molecule has 0 radical (unpaired) electrons. The number of carbonyl (C=O) groups is 1. The average Bonchev–Trinajstić information content (AvgIpc) is 2.28. The van der Waals surface area contributed by atoms with Gasteiger partial charge in [0.25, 0.3) is 0 Å². The van der Waals surface area contributed by atoms with E-state index in [-0.39, 0.29) is 0 Å². The molecule has 1 aromatic carbocycles. The van der Waals surface area contributed by atoms with Gasteiger partial charge >= 0.3 is 0 Å². The Hall–Kier alpha value is -1.96. The first-order valence-electron chi connectivity index (χ1n) is 5.61. The molecule has 1 aromatic heterocycles. The van der Waals surface area contributed by atoms with Crippen molar-refractivity contribution in [3.05, 3.63) is 52.7 Å². The minimum absolute atomic E-state index is 0.608. The van der Waals surface area contributed by atoms with Crippen LogP contribution in [0.1, 0.15) is 27.0 Å². The van der Waals surface area contributed by atoms with Crippen LogP contribution in [0.15, 0.2) is 30.5 Å². The molecular formula is C15H15NO. The van der Waals surface area contributed by atoms with Gasteiger partial charge in [0.15, 0.2) is 6.29 Å². The number of hydrogen-bond acceptors (Lipinski definition) is 2. The number of aldehydes is 1. The molecule has 0 spiro atoms. The Morgan fingerprint density at radius 2 is 1.71 bits per heavy atom. The molecule has 2 aromatic rings. The van der Waals surface area contributed by atoms with Crippen LogP contribution < -0.4 is 0 Å². The molecule has 0 saturated carbocycles. The van der Waals surface area contributed by atoms with Crippen LogP contribution in [0.2, 0.25) is 0 Å². The average molecular weight is 225 g/mol. The zero-order valence-electron chi connectivity index (χ0n) is 10.3. The molecule has 2 heteroatoms. The Morgan fingerprint density at radius 1 is 1.06 bits per heavy atom. The van der Waals surface area contributed by atoms with Crippen molar-refractivity contribution in [3.8, 4) is 11.3 Å². The monoisotopic (exact) mass is 225 g/mol. The Morgan fingerprint density at radius 3 is 2.18 bits per heavy atom. The van der Waals surface area contributed by atoms with Crippen molar-refractivity contribution in [3.63, 3.8) is 0 Å². The summed E-state index contributed by atoms with van der Waals surface area (Å²) in [5.41, 5.74) is 6.38. The molecule has 2 rings (SSSR count). The van der Waals surface area contributed by atoms with Gasteiger partial charge in [-0.2, -0.15) is 0 Å². The minimum Gasteiger partial charge on any atom is -0.298 e. The summed E-state index contributed by atoms with van der Waals surface area (Å²) in [6.45, 7) is 6.27. The van der Waals surface area contributed by atoms with Gasteiger partial charge in [0, 0.05) is 17.3 Å². The SMILES string of the molecule is Cc1cc(C)c(-c2ccc(C=O)cn2)c(C)c1. The van der Waals surface area contributed by atoms with Crippen LogP contribution >= 0.6 is 0 Å². The molecule has 0 aliphatic heterocycles. The smallest absolute Gasteiger partial charge is 0.151 e. The molecule has 86 valence electrons. The van der Waals surface area contributed by atoms with Crippen molar-refractivity contribution < 1.29 is 4.79 Å². The fraction of sp³-hybridized carbons (Fsp3) is 0.200. The van der Waals surface area contributed by atoms with E-state index in [1.54, 1.807) is 12.3 Å². The number of aryl methyl sites for hydroxylation is 3. The Kier molecular flexibility index (Phi) is 3.05. The maximum absolute atomic E-state index is 10.6. The second-order valence-electron chi connectivity index (χ2n) is 4.37. The van der Waals surface area contributed by atoms with Gasteiger partial charge in [0.05, 0.1) is 5.69 Å². The second-order valence-corrected chi connectivity index (χ2v) is 4.37. The first-order valence-corrected chi connectivity index (χ1v) is 5.61. The zero-order chi connectivity index (χ0) is 12.4. The van der Waals surface area contributed by atoms with E-state index in [9.17, 15) is 4.79 Å². The van der Waals surface area contributed by atoms with Crippen molar-refractivity contribution in [2.45, 2.75) is 20.8 Å². The van der Waals surface area contributed by atoms with Gasteiger partial charge in [-0.3, -0.25) is 9.78 Å². The third kappa shape index (κ3) is 2.26. The van der Waals surface area contributed by atoms with Crippen molar-refractivity contribution in [1.82, 2.24) is 4.98 Å². The highest BCUT2D eigenvalue weighted by Crippen LogP contribution is 2.26. The van der Waals surface area contributed by atoms with Gasteiger partial charge in [0.2, 0.25) is 0 Å². The third-order valence-corrected chi connectivity index (χ3v) is 2.86. The molecular weight excluding hydrogens is 210 g/mol. The summed E-state index contributed by atoms with van der Waals surface area (Å²) in [6.07, 6.45) is 2.42. The molecule has 0 N–H and O–H groups in total. The number of benzene rings is 1. The maximum Gasteiger partial charge on any atom is 0.151 e. The number of pyridine rings is 1. The number of hydrogen-bond donors (Lipinski definition) is 0. The van der Waals surface area contributed by atoms with Gasteiger partial charge in [-0.15, -0.1) is 0 Å². The lowest BCUT2D eigenvalue weighted by Crippen LogP contribution is -1.93. The quantitative estimate of drug-likeness (QED) is 0.732. The van der Waals surface area contributed by atoms with Crippen LogP contribution in [0, 0.1) is 20.8 Å². The van der Waals surface area contributed by atoms with Crippen LogP contribution in [0.25, 0.3) is 11.3 Å². The summed E-state index contributed by atoms with van der Waals surface area (Å²) in [5.74, 6) is 0. The van der Waals surface area contributed by atoms with Crippen LogP contribution in [0.4, 0.5) is 0 Å². The van der Waals surface area contributed by atoms with Gasteiger partial charge in [-0.1, -0.05) is 17.7 Å². The molecule has 0 bridgehead atoms. The van der Waals surface area contributed by atoms with E-state index in [0.717, 1.165) is 17.5 Å². The zero-order valence-corrected chi connectivity index (χ0v) is 10.3. The minimum atomic E-state index is 0.608. The second kappa shape index (κ2) is 4.50.